The Kier molecular flexibility index (Phi) is 5.64. The van der Waals surface area contributed by atoms with Crippen molar-refractivity contribution in [1.29, 1.82) is 0 Å². The van der Waals surface area contributed by atoms with Crippen molar-refractivity contribution in [2.45, 2.75) is 32.0 Å². The summed E-state index contributed by atoms with van der Waals surface area (Å²) < 4.78 is 35.5. The number of alkyl halides is 4. The predicted molar refractivity (Wildman–Crippen MR) is 48.6 cm³/mol. The number of hydrogen-bond donors (Lipinski definition) is 1. The molecule has 0 spiro atoms. The zero-order chi connectivity index (χ0) is 12.1. The first-order chi connectivity index (χ1) is 6.81. The summed E-state index contributed by atoms with van der Waals surface area (Å²) in [6.45, 7) is 1.57. The van der Waals surface area contributed by atoms with E-state index in [-0.39, 0.29) is 18.7 Å². The van der Waals surface area contributed by atoms with Gasteiger partial charge in [-0.25, -0.2) is 0 Å². The Morgan fingerprint density at radius 2 is 1.93 bits per heavy atom. The van der Waals surface area contributed by atoms with Gasteiger partial charge in [0, 0.05) is 12.5 Å². The zero-order valence-corrected chi connectivity index (χ0v) is 8.78. The van der Waals surface area contributed by atoms with Crippen molar-refractivity contribution in [2.75, 3.05) is 5.88 Å². The van der Waals surface area contributed by atoms with Crippen LogP contribution in [0.5, 0.6) is 0 Å². The van der Waals surface area contributed by atoms with E-state index in [0.717, 1.165) is 0 Å². The van der Waals surface area contributed by atoms with Crippen molar-refractivity contribution in [3.63, 3.8) is 0 Å². The second kappa shape index (κ2) is 5.95. The number of ketones is 1. The van der Waals surface area contributed by atoms with Crippen molar-refractivity contribution in [3.8, 4) is 0 Å². The summed E-state index contributed by atoms with van der Waals surface area (Å²) in [5.74, 6) is -2.69. The van der Waals surface area contributed by atoms with E-state index < -0.39 is 23.9 Å². The maximum Gasteiger partial charge on any atom is 0.471 e. The van der Waals surface area contributed by atoms with Crippen LogP contribution in [0.4, 0.5) is 13.2 Å². The van der Waals surface area contributed by atoms with Crippen LogP contribution in [-0.4, -0.2) is 29.8 Å². The minimum absolute atomic E-state index is 0.179. The predicted octanol–water partition coefficient (Wildman–Crippen LogP) is 1.64. The van der Waals surface area contributed by atoms with Crippen LogP contribution in [0.1, 0.15) is 19.8 Å². The molecule has 88 valence electrons. The maximum absolute atomic E-state index is 11.8. The minimum atomic E-state index is -4.92. The molecule has 0 bridgehead atoms. The van der Waals surface area contributed by atoms with Crippen LogP contribution in [0.2, 0.25) is 0 Å². The average molecular weight is 246 g/mol. The summed E-state index contributed by atoms with van der Waals surface area (Å²) in [6.07, 6.45) is -4.86. The summed E-state index contributed by atoms with van der Waals surface area (Å²) >= 11 is 5.20. The van der Waals surface area contributed by atoms with Crippen LogP contribution in [-0.2, 0) is 9.59 Å². The Labute approximate surface area is 90.0 Å². The highest BCUT2D eigenvalue weighted by atomic mass is 35.5. The second-order valence-corrected chi connectivity index (χ2v) is 3.22. The lowest BCUT2D eigenvalue weighted by molar-refractivity contribution is -0.174. The van der Waals surface area contributed by atoms with Crippen LogP contribution in [0.3, 0.4) is 0 Å². The van der Waals surface area contributed by atoms with Crippen LogP contribution < -0.4 is 5.32 Å². The van der Waals surface area contributed by atoms with E-state index in [1.807, 2.05) is 0 Å². The molecule has 0 saturated heterocycles. The average Bonchev–Trinajstić information content (AvgIpc) is 2.14. The molecule has 0 fully saturated rings. The van der Waals surface area contributed by atoms with Gasteiger partial charge in [-0.15, -0.1) is 11.6 Å². The van der Waals surface area contributed by atoms with Gasteiger partial charge in [0.15, 0.2) is 0 Å². The molecule has 0 aliphatic heterocycles. The van der Waals surface area contributed by atoms with Crippen molar-refractivity contribution < 1.29 is 22.8 Å². The fourth-order valence-corrected chi connectivity index (χ4v) is 1.00. The molecule has 7 heteroatoms. The van der Waals surface area contributed by atoms with E-state index in [4.69, 9.17) is 11.6 Å². The number of carbonyl (C=O) groups excluding carboxylic acids is 2. The Bertz CT molecular complexity index is 243. The number of carbonyl (C=O) groups is 2. The van der Waals surface area contributed by atoms with Gasteiger partial charge in [-0.1, -0.05) is 6.92 Å². The first-order valence-corrected chi connectivity index (χ1v) is 4.80. The Morgan fingerprint density at radius 3 is 2.27 bits per heavy atom. The monoisotopic (exact) mass is 245 g/mol. The number of amides is 1. The maximum atomic E-state index is 11.8. The molecule has 0 aliphatic rings. The first-order valence-electron chi connectivity index (χ1n) is 4.26. The van der Waals surface area contributed by atoms with Crippen LogP contribution in [0, 0.1) is 0 Å². The van der Waals surface area contributed by atoms with E-state index in [2.05, 4.69) is 0 Å². The van der Waals surface area contributed by atoms with Crippen LogP contribution in [0.25, 0.3) is 0 Å². The molecule has 0 aromatic rings. The summed E-state index contributed by atoms with van der Waals surface area (Å²) in [7, 11) is 0. The quantitative estimate of drug-likeness (QED) is 0.749. The topological polar surface area (TPSA) is 46.2 Å². The van der Waals surface area contributed by atoms with Gasteiger partial charge < -0.3 is 5.32 Å². The Hall–Kier alpha value is -0.780. The van der Waals surface area contributed by atoms with E-state index in [1.165, 1.54) is 0 Å². The third-order valence-electron chi connectivity index (χ3n) is 1.71. The smallest absolute Gasteiger partial charge is 0.345 e. The van der Waals surface area contributed by atoms with E-state index in [0.29, 0.717) is 0 Å². The molecule has 0 saturated carbocycles. The number of Topliss-reactive ketones (excluding diaryl/α,β-unsaturated/α-hetero) is 1. The number of nitrogens with one attached hydrogen (secondary N) is 1. The minimum Gasteiger partial charge on any atom is -0.345 e. The molecule has 3 nitrogen and oxygen atoms in total. The molecule has 1 unspecified atom stereocenters. The largest absolute Gasteiger partial charge is 0.471 e. The van der Waals surface area contributed by atoms with E-state index in [1.54, 1.807) is 12.2 Å². The molecular formula is C8H11ClF3NO2. The third-order valence-corrected chi connectivity index (χ3v) is 2.01. The molecule has 1 amide bonds. The third kappa shape index (κ3) is 5.61. The van der Waals surface area contributed by atoms with Gasteiger partial charge in [0.1, 0.15) is 5.78 Å². The van der Waals surface area contributed by atoms with Gasteiger partial charge in [-0.3, -0.25) is 9.59 Å². The first kappa shape index (κ1) is 14.2. The highest BCUT2D eigenvalue weighted by Gasteiger charge is 2.39. The number of halogens is 4. The molecule has 0 aromatic heterocycles. The SMILES string of the molecule is CCC(CC(=O)CCl)NC(=O)C(F)(F)F. The molecule has 0 rings (SSSR count). The lowest BCUT2D eigenvalue weighted by Crippen LogP contribution is -2.43. The van der Waals surface area contributed by atoms with Gasteiger partial charge in [0.2, 0.25) is 0 Å². The fourth-order valence-electron chi connectivity index (χ4n) is 0.894. The molecule has 1 N–H and O–H groups in total. The van der Waals surface area contributed by atoms with Gasteiger partial charge in [0.05, 0.1) is 5.88 Å². The van der Waals surface area contributed by atoms with Crippen molar-refractivity contribution >= 4 is 23.3 Å². The molecule has 1 atom stereocenters. The van der Waals surface area contributed by atoms with Gasteiger partial charge >= 0.3 is 12.1 Å². The zero-order valence-electron chi connectivity index (χ0n) is 8.03. The lowest BCUT2D eigenvalue weighted by Gasteiger charge is -2.16. The van der Waals surface area contributed by atoms with E-state index in [9.17, 15) is 22.8 Å². The van der Waals surface area contributed by atoms with Gasteiger partial charge in [0.25, 0.3) is 0 Å². The van der Waals surface area contributed by atoms with Crippen molar-refractivity contribution in [2.24, 2.45) is 0 Å². The normalized spacial score (nSPS) is 13.4. The van der Waals surface area contributed by atoms with Crippen molar-refractivity contribution in [3.05, 3.63) is 0 Å². The molecule has 0 aliphatic carbocycles. The number of rotatable bonds is 5. The molecule has 0 aromatic carbocycles. The highest BCUT2D eigenvalue weighted by molar-refractivity contribution is 6.27. The Balaban J connectivity index is 4.22. The molecule has 0 heterocycles. The molecule has 0 radical (unpaired) electrons. The standard InChI is InChI=1S/C8H11ClF3NO2/c1-2-5(3-6(14)4-9)13-7(15)8(10,11)12/h5H,2-4H2,1H3,(H,13,15). The Morgan fingerprint density at radius 1 is 1.40 bits per heavy atom. The summed E-state index contributed by atoms with van der Waals surface area (Å²) in [5.41, 5.74) is 0. The summed E-state index contributed by atoms with van der Waals surface area (Å²) in [6, 6.07) is -0.814. The van der Waals surface area contributed by atoms with Crippen LogP contribution >= 0.6 is 11.6 Å². The fraction of sp³-hybridized carbons (Fsp3) is 0.750. The van der Waals surface area contributed by atoms with E-state index >= 15 is 0 Å². The van der Waals surface area contributed by atoms with Gasteiger partial charge in [-0.05, 0) is 6.42 Å². The highest BCUT2D eigenvalue weighted by Crippen LogP contribution is 2.15. The number of hydrogen-bond acceptors (Lipinski definition) is 2. The lowest BCUT2D eigenvalue weighted by atomic mass is 10.1. The van der Waals surface area contributed by atoms with Crippen LogP contribution in [0.15, 0.2) is 0 Å². The second-order valence-electron chi connectivity index (χ2n) is 2.95. The summed E-state index contributed by atoms with van der Waals surface area (Å²) in [4.78, 5) is 21.4. The van der Waals surface area contributed by atoms with Gasteiger partial charge in [-0.2, -0.15) is 13.2 Å². The summed E-state index contributed by atoms with van der Waals surface area (Å²) in [5, 5.41) is 1.73. The molecule has 15 heavy (non-hydrogen) atoms. The van der Waals surface area contributed by atoms with Crippen molar-refractivity contribution in [1.82, 2.24) is 5.32 Å². The molecular weight excluding hydrogens is 235 g/mol.